The topological polar surface area (TPSA) is 63.7 Å². The van der Waals surface area contributed by atoms with Gasteiger partial charge in [0.2, 0.25) is 0 Å². The number of rotatable bonds is 9. The highest BCUT2D eigenvalue weighted by Gasteiger charge is 2.15. The van der Waals surface area contributed by atoms with Gasteiger partial charge in [-0.1, -0.05) is 0 Å². The molecule has 6 nitrogen and oxygen atoms in total. The molecule has 20 heavy (non-hydrogen) atoms. The van der Waals surface area contributed by atoms with Crippen LogP contribution >= 0.6 is 0 Å². The van der Waals surface area contributed by atoms with E-state index in [1.165, 1.54) is 0 Å². The Balaban J connectivity index is 2.73. The second-order valence-electron chi connectivity index (χ2n) is 4.31. The third-order valence-electron chi connectivity index (χ3n) is 2.89. The van der Waals surface area contributed by atoms with Crippen molar-refractivity contribution >= 4 is 11.7 Å². The van der Waals surface area contributed by atoms with Crippen LogP contribution in [0.1, 0.15) is 16.8 Å². The van der Waals surface area contributed by atoms with Gasteiger partial charge in [-0.15, -0.1) is 0 Å². The van der Waals surface area contributed by atoms with E-state index in [0.29, 0.717) is 37.7 Å². The molecule has 1 rings (SSSR count). The number of ether oxygens (including phenoxy) is 2. The lowest BCUT2D eigenvalue weighted by Gasteiger charge is -2.22. The van der Waals surface area contributed by atoms with Crippen LogP contribution in [0.4, 0.5) is 5.82 Å². The molecule has 0 unspecified atom stereocenters. The van der Waals surface area contributed by atoms with Crippen molar-refractivity contribution in [1.82, 2.24) is 9.88 Å². The average Bonchev–Trinajstić information content (AvgIpc) is 2.50. The molecule has 1 amide bonds. The Morgan fingerprint density at radius 3 is 2.70 bits per heavy atom. The normalized spacial score (nSPS) is 10.3. The molecule has 0 aliphatic carbocycles. The van der Waals surface area contributed by atoms with Crippen LogP contribution in [-0.4, -0.2) is 63.4 Å². The molecular formula is C14H23N3O3. The van der Waals surface area contributed by atoms with Gasteiger partial charge in [-0.05, 0) is 18.6 Å². The molecule has 1 aromatic heterocycles. The number of carbonyl (C=O) groups is 1. The Labute approximate surface area is 120 Å². The maximum Gasteiger partial charge on any atom is 0.254 e. The molecule has 0 aliphatic rings. The van der Waals surface area contributed by atoms with Crippen LogP contribution in [0.3, 0.4) is 0 Å². The summed E-state index contributed by atoms with van der Waals surface area (Å²) in [6, 6.07) is 3.47. The van der Waals surface area contributed by atoms with Crippen molar-refractivity contribution in [3.05, 3.63) is 23.9 Å². The van der Waals surface area contributed by atoms with Crippen molar-refractivity contribution in [2.75, 3.05) is 52.9 Å². The van der Waals surface area contributed by atoms with E-state index in [9.17, 15) is 4.79 Å². The van der Waals surface area contributed by atoms with Gasteiger partial charge >= 0.3 is 0 Å². The van der Waals surface area contributed by atoms with Crippen molar-refractivity contribution in [2.45, 2.75) is 6.42 Å². The summed E-state index contributed by atoms with van der Waals surface area (Å²) in [5, 5.41) is 2.93. The molecule has 0 fully saturated rings. The van der Waals surface area contributed by atoms with E-state index in [1.807, 2.05) is 0 Å². The van der Waals surface area contributed by atoms with E-state index in [-0.39, 0.29) is 5.91 Å². The highest BCUT2D eigenvalue weighted by atomic mass is 16.5. The second-order valence-corrected chi connectivity index (χ2v) is 4.31. The van der Waals surface area contributed by atoms with Crippen molar-refractivity contribution in [2.24, 2.45) is 0 Å². The van der Waals surface area contributed by atoms with Crippen LogP contribution in [0.15, 0.2) is 18.3 Å². The molecule has 1 heterocycles. The van der Waals surface area contributed by atoms with Gasteiger partial charge in [-0.25, -0.2) is 4.98 Å². The smallest absolute Gasteiger partial charge is 0.254 e. The number of carbonyl (C=O) groups excluding carboxylic acids is 1. The summed E-state index contributed by atoms with van der Waals surface area (Å²) < 4.78 is 10.1. The summed E-state index contributed by atoms with van der Waals surface area (Å²) in [5.41, 5.74) is 0.623. The van der Waals surface area contributed by atoms with E-state index >= 15 is 0 Å². The predicted octanol–water partition coefficient (Wildman–Crippen LogP) is 1.25. The highest BCUT2D eigenvalue weighted by Crippen LogP contribution is 2.10. The summed E-state index contributed by atoms with van der Waals surface area (Å²) in [6.07, 6.45) is 2.43. The predicted molar refractivity (Wildman–Crippen MR) is 78.1 cm³/mol. The summed E-state index contributed by atoms with van der Waals surface area (Å²) >= 11 is 0. The SMILES string of the molecule is CNc1cc(C(=O)N(CCCOC)CCOC)ccn1. The first-order valence-electron chi connectivity index (χ1n) is 6.64. The number of nitrogens with one attached hydrogen (secondary N) is 1. The third kappa shape index (κ3) is 5.14. The minimum atomic E-state index is -0.0166. The average molecular weight is 281 g/mol. The Morgan fingerprint density at radius 1 is 1.30 bits per heavy atom. The first kappa shape index (κ1) is 16.4. The molecule has 0 aliphatic heterocycles. The van der Waals surface area contributed by atoms with E-state index in [1.54, 1.807) is 44.5 Å². The highest BCUT2D eigenvalue weighted by molar-refractivity contribution is 5.94. The first-order valence-corrected chi connectivity index (χ1v) is 6.64. The maximum atomic E-state index is 12.5. The van der Waals surface area contributed by atoms with Crippen molar-refractivity contribution in [3.63, 3.8) is 0 Å². The largest absolute Gasteiger partial charge is 0.385 e. The zero-order valence-electron chi connectivity index (χ0n) is 12.4. The number of methoxy groups -OCH3 is 2. The molecule has 0 radical (unpaired) electrons. The number of aromatic nitrogens is 1. The van der Waals surface area contributed by atoms with E-state index in [4.69, 9.17) is 9.47 Å². The van der Waals surface area contributed by atoms with Gasteiger partial charge in [0.05, 0.1) is 6.61 Å². The number of amides is 1. The molecule has 0 atom stereocenters. The van der Waals surface area contributed by atoms with Crippen molar-refractivity contribution < 1.29 is 14.3 Å². The van der Waals surface area contributed by atoms with Crippen LogP contribution in [-0.2, 0) is 9.47 Å². The van der Waals surface area contributed by atoms with Gasteiger partial charge in [0.15, 0.2) is 0 Å². The number of hydrogen-bond acceptors (Lipinski definition) is 5. The first-order chi connectivity index (χ1) is 9.72. The van der Waals surface area contributed by atoms with E-state index in [0.717, 1.165) is 6.42 Å². The molecule has 6 heteroatoms. The lowest BCUT2D eigenvalue weighted by atomic mass is 10.2. The minimum absolute atomic E-state index is 0.0166. The summed E-state index contributed by atoms with van der Waals surface area (Å²) in [7, 11) is 5.06. The summed E-state index contributed by atoms with van der Waals surface area (Å²) in [6.45, 7) is 2.36. The van der Waals surface area contributed by atoms with Gasteiger partial charge < -0.3 is 19.7 Å². The number of anilines is 1. The molecular weight excluding hydrogens is 258 g/mol. The molecule has 0 spiro atoms. The lowest BCUT2D eigenvalue weighted by Crippen LogP contribution is -2.35. The molecule has 0 aromatic carbocycles. The number of pyridine rings is 1. The fourth-order valence-electron chi connectivity index (χ4n) is 1.80. The zero-order valence-corrected chi connectivity index (χ0v) is 12.4. The van der Waals surface area contributed by atoms with Gasteiger partial charge in [0, 0.05) is 52.7 Å². The molecule has 1 aromatic rings. The van der Waals surface area contributed by atoms with Gasteiger partial charge in [0.25, 0.3) is 5.91 Å². The lowest BCUT2D eigenvalue weighted by molar-refractivity contribution is 0.0674. The number of hydrogen-bond donors (Lipinski definition) is 1. The standard InChI is InChI=1S/C14H23N3O3/c1-15-13-11-12(5-6-16-13)14(18)17(8-10-20-3)7-4-9-19-2/h5-6,11H,4,7-10H2,1-3H3,(H,15,16). The van der Waals surface area contributed by atoms with Crippen LogP contribution < -0.4 is 5.32 Å². The van der Waals surface area contributed by atoms with Crippen LogP contribution in [0, 0.1) is 0 Å². The van der Waals surface area contributed by atoms with Crippen molar-refractivity contribution in [1.29, 1.82) is 0 Å². The van der Waals surface area contributed by atoms with E-state index < -0.39 is 0 Å². The van der Waals surface area contributed by atoms with Gasteiger partial charge in [0.1, 0.15) is 5.82 Å². The third-order valence-corrected chi connectivity index (χ3v) is 2.89. The minimum Gasteiger partial charge on any atom is -0.385 e. The van der Waals surface area contributed by atoms with Gasteiger partial charge in [-0.2, -0.15) is 0 Å². The Kier molecular flexibility index (Phi) is 7.60. The molecule has 112 valence electrons. The van der Waals surface area contributed by atoms with E-state index in [2.05, 4.69) is 10.3 Å². The fraction of sp³-hybridized carbons (Fsp3) is 0.571. The molecule has 1 N–H and O–H groups in total. The molecule has 0 saturated heterocycles. The quantitative estimate of drug-likeness (QED) is 0.690. The van der Waals surface area contributed by atoms with Crippen LogP contribution in [0.5, 0.6) is 0 Å². The maximum absolute atomic E-state index is 12.5. The Hall–Kier alpha value is -1.66. The van der Waals surface area contributed by atoms with Crippen LogP contribution in [0.2, 0.25) is 0 Å². The zero-order chi connectivity index (χ0) is 14.8. The van der Waals surface area contributed by atoms with Crippen LogP contribution in [0.25, 0.3) is 0 Å². The summed E-state index contributed by atoms with van der Waals surface area (Å²) in [4.78, 5) is 18.4. The van der Waals surface area contributed by atoms with Crippen molar-refractivity contribution in [3.8, 4) is 0 Å². The molecule has 0 saturated carbocycles. The van der Waals surface area contributed by atoms with Gasteiger partial charge in [-0.3, -0.25) is 4.79 Å². The number of nitrogens with zero attached hydrogens (tertiary/aromatic N) is 2. The molecule has 0 bridgehead atoms. The summed E-state index contributed by atoms with van der Waals surface area (Å²) in [5.74, 6) is 0.663. The second kappa shape index (κ2) is 9.28. The Bertz CT molecular complexity index is 412. The Morgan fingerprint density at radius 2 is 2.05 bits per heavy atom. The monoisotopic (exact) mass is 281 g/mol. The fourth-order valence-corrected chi connectivity index (χ4v) is 1.80.